The number of rotatable bonds is 4. The van der Waals surface area contributed by atoms with Crippen molar-refractivity contribution in [3.8, 4) is 0 Å². The monoisotopic (exact) mass is 291 g/mol. The lowest BCUT2D eigenvalue weighted by atomic mass is 10.1. The summed E-state index contributed by atoms with van der Waals surface area (Å²) in [6, 6.07) is 10.7. The Morgan fingerprint density at radius 2 is 1.95 bits per heavy atom. The first-order chi connectivity index (χ1) is 10.0. The van der Waals surface area contributed by atoms with E-state index in [-0.39, 0.29) is 23.8 Å². The third kappa shape index (κ3) is 3.28. The van der Waals surface area contributed by atoms with Crippen LogP contribution in [-0.4, -0.2) is 18.1 Å². The highest BCUT2D eigenvalue weighted by atomic mass is 19.1. The van der Waals surface area contributed by atoms with Gasteiger partial charge in [0.25, 0.3) is 0 Å². The minimum absolute atomic E-state index is 0.0302. The number of benzene rings is 2. The van der Waals surface area contributed by atoms with Crippen LogP contribution in [0, 0.1) is 11.6 Å². The second-order valence-corrected chi connectivity index (χ2v) is 4.60. The average molecular weight is 291 g/mol. The molecule has 0 aromatic heterocycles. The van der Waals surface area contributed by atoms with Gasteiger partial charge in [0.2, 0.25) is 0 Å². The zero-order chi connectivity index (χ0) is 15.4. The molecule has 0 aliphatic carbocycles. The topological polar surface area (TPSA) is 61.8 Å². The first kappa shape index (κ1) is 14.8. The van der Waals surface area contributed by atoms with Crippen LogP contribution in [0.25, 0.3) is 0 Å². The summed E-state index contributed by atoms with van der Waals surface area (Å²) in [5.74, 6) is -1.20. The van der Waals surface area contributed by atoms with Crippen molar-refractivity contribution in [1.82, 2.24) is 0 Å². The molecule has 6 heteroatoms. The van der Waals surface area contributed by atoms with Crippen molar-refractivity contribution >= 4 is 11.5 Å². The molecule has 0 unspecified atom stereocenters. The van der Waals surface area contributed by atoms with Crippen molar-refractivity contribution in [2.24, 2.45) is 10.9 Å². The fourth-order valence-corrected chi connectivity index (χ4v) is 2.01. The summed E-state index contributed by atoms with van der Waals surface area (Å²) in [5, 5.41) is 11.4. The van der Waals surface area contributed by atoms with Crippen LogP contribution in [-0.2, 0) is 6.54 Å². The summed E-state index contributed by atoms with van der Waals surface area (Å²) >= 11 is 0. The molecule has 0 saturated heterocycles. The molecule has 0 amide bonds. The van der Waals surface area contributed by atoms with Gasteiger partial charge in [0.15, 0.2) is 5.84 Å². The van der Waals surface area contributed by atoms with Gasteiger partial charge in [0.1, 0.15) is 11.6 Å². The molecule has 0 radical (unpaired) electrons. The van der Waals surface area contributed by atoms with Crippen molar-refractivity contribution in [3.05, 3.63) is 65.2 Å². The van der Waals surface area contributed by atoms with E-state index >= 15 is 0 Å². The minimum atomic E-state index is -0.559. The van der Waals surface area contributed by atoms with E-state index < -0.39 is 5.82 Å². The van der Waals surface area contributed by atoms with Crippen LogP contribution in [0.15, 0.2) is 47.6 Å². The molecule has 0 saturated carbocycles. The predicted molar refractivity (Wildman–Crippen MR) is 77.4 cm³/mol. The maximum Gasteiger partial charge on any atom is 0.173 e. The smallest absolute Gasteiger partial charge is 0.173 e. The molecule has 2 aromatic carbocycles. The summed E-state index contributed by atoms with van der Waals surface area (Å²) in [7, 11) is 1.73. The fourth-order valence-electron chi connectivity index (χ4n) is 2.01. The molecule has 4 nitrogen and oxygen atoms in total. The Balaban J connectivity index is 2.28. The van der Waals surface area contributed by atoms with Crippen LogP contribution < -0.4 is 10.6 Å². The Morgan fingerprint density at radius 3 is 2.62 bits per heavy atom. The normalized spacial score (nSPS) is 11.5. The quantitative estimate of drug-likeness (QED) is 0.394. The standard InChI is InChI=1S/C15H15F2N3O/c1-20(12-6-3-5-11(16)8-12)9-10-4-2-7-13(14(10)17)15(18)19-21/h2-8,21H,9H2,1H3,(H2,18,19). The molecule has 0 aliphatic heterocycles. The lowest BCUT2D eigenvalue weighted by molar-refractivity contribution is 0.318. The minimum Gasteiger partial charge on any atom is -0.409 e. The van der Waals surface area contributed by atoms with Gasteiger partial charge < -0.3 is 15.8 Å². The van der Waals surface area contributed by atoms with Gasteiger partial charge in [-0.05, 0) is 24.3 Å². The lowest BCUT2D eigenvalue weighted by Crippen LogP contribution is -2.20. The zero-order valence-corrected chi connectivity index (χ0v) is 11.4. The highest BCUT2D eigenvalue weighted by Gasteiger charge is 2.13. The van der Waals surface area contributed by atoms with E-state index in [1.807, 2.05) is 0 Å². The van der Waals surface area contributed by atoms with Crippen LogP contribution in [0.5, 0.6) is 0 Å². The van der Waals surface area contributed by atoms with Crippen LogP contribution in [0.1, 0.15) is 11.1 Å². The fraction of sp³-hybridized carbons (Fsp3) is 0.133. The molecule has 21 heavy (non-hydrogen) atoms. The first-order valence-corrected chi connectivity index (χ1v) is 6.25. The van der Waals surface area contributed by atoms with Gasteiger partial charge in [-0.1, -0.05) is 23.4 Å². The molecular weight excluding hydrogens is 276 g/mol. The number of hydrogen-bond donors (Lipinski definition) is 2. The van der Waals surface area contributed by atoms with Gasteiger partial charge in [0, 0.05) is 24.8 Å². The second-order valence-electron chi connectivity index (χ2n) is 4.60. The van der Waals surface area contributed by atoms with E-state index in [4.69, 9.17) is 10.9 Å². The van der Waals surface area contributed by atoms with E-state index in [9.17, 15) is 8.78 Å². The number of halogens is 2. The van der Waals surface area contributed by atoms with Crippen molar-refractivity contribution < 1.29 is 14.0 Å². The molecule has 0 atom stereocenters. The van der Waals surface area contributed by atoms with Gasteiger partial charge in [0.05, 0.1) is 5.56 Å². The van der Waals surface area contributed by atoms with Crippen molar-refractivity contribution in [2.45, 2.75) is 6.54 Å². The first-order valence-electron chi connectivity index (χ1n) is 6.25. The third-order valence-electron chi connectivity index (χ3n) is 3.12. The SMILES string of the molecule is CN(Cc1cccc(/C(N)=N/O)c1F)c1cccc(F)c1. The zero-order valence-electron chi connectivity index (χ0n) is 11.4. The highest BCUT2D eigenvalue weighted by Crippen LogP contribution is 2.19. The third-order valence-corrected chi connectivity index (χ3v) is 3.12. The summed E-state index contributed by atoms with van der Waals surface area (Å²) in [6.45, 7) is 0.224. The van der Waals surface area contributed by atoms with Crippen molar-refractivity contribution in [1.29, 1.82) is 0 Å². The average Bonchev–Trinajstić information content (AvgIpc) is 2.48. The van der Waals surface area contributed by atoms with Crippen LogP contribution in [0.3, 0.4) is 0 Å². The number of nitrogens with zero attached hydrogens (tertiary/aromatic N) is 2. The Morgan fingerprint density at radius 1 is 1.24 bits per heavy atom. The number of nitrogens with two attached hydrogens (primary N) is 1. The van der Waals surface area contributed by atoms with Gasteiger partial charge >= 0.3 is 0 Å². The Kier molecular flexibility index (Phi) is 4.37. The van der Waals surface area contributed by atoms with Crippen molar-refractivity contribution in [3.63, 3.8) is 0 Å². The molecule has 0 aliphatic rings. The summed E-state index contributed by atoms with van der Waals surface area (Å²) in [5.41, 5.74) is 6.45. The molecule has 2 rings (SSSR count). The molecular formula is C15H15F2N3O. The summed E-state index contributed by atoms with van der Waals surface area (Å²) in [4.78, 5) is 1.71. The van der Waals surface area contributed by atoms with E-state index in [0.29, 0.717) is 11.3 Å². The van der Waals surface area contributed by atoms with E-state index in [0.717, 1.165) is 0 Å². The van der Waals surface area contributed by atoms with Crippen LogP contribution >= 0.6 is 0 Å². The van der Waals surface area contributed by atoms with E-state index in [1.165, 1.54) is 18.2 Å². The Labute approximate surface area is 121 Å². The molecule has 0 heterocycles. The van der Waals surface area contributed by atoms with Crippen LogP contribution in [0.2, 0.25) is 0 Å². The molecule has 0 fully saturated rings. The lowest BCUT2D eigenvalue weighted by Gasteiger charge is -2.20. The summed E-state index contributed by atoms with van der Waals surface area (Å²) in [6.07, 6.45) is 0. The highest BCUT2D eigenvalue weighted by molar-refractivity contribution is 5.97. The molecule has 0 spiro atoms. The maximum atomic E-state index is 14.3. The summed E-state index contributed by atoms with van der Waals surface area (Å²) < 4.78 is 27.5. The maximum absolute atomic E-state index is 14.3. The number of anilines is 1. The second kappa shape index (κ2) is 6.21. The number of oxime groups is 1. The van der Waals surface area contributed by atoms with Crippen molar-refractivity contribution in [2.75, 3.05) is 11.9 Å². The van der Waals surface area contributed by atoms with Gasteiger partial charge in [-0.2, -0.15) is 0 Å². The van der Waals surface area contributed by atoms with Gasteiger partial charge in [-0.3, -0.25) is 0 Å². The molecule has 110 valence electrons. The number of hydrogen-bond acceptors (Lipinski definition) is 3. The molecule has 3 N–H and O–H groups in total. The molecule has 0 bridgehead atoms. The van der Waals surface area contributed by atoms with E-state index in [2.05, 4.69) is 5.16 Å². The largest absolute Gasteiger partial charge is 0.409 e. The van der Waals surface area contributed by atoms with Crippen LogP contribution in [0.4, 0.5) is 14.5 Å². The molecule has 2 aromatic rings. The van der Waals surface area contributed by atoms with E-state index in [1.54, 1.807) is 36.2 Å². The number of amidine groups is 1. The Bertz CT molecular complexity index is 674. The Hall–Kier alpha value is -2.63. The van der Waals surface area contributed by atoms with Gasteiger partial charge in [-0.15, -0.1) is 0 Å². The predicted octanol–water partition coefficient (Wildman–Crippen LogP) is 2.70. The van der Waals surface area contributed by atoms with Gasteiger partial charge in [-0.25, -0.2) is 8.78 Å².